The van der Waals surface area contributed by atoms with Crippen molar-refractivity contribution in [3.8, 4) is 6.01 Å². The third kappa shape index (κ3) is 3.38. The molecule has 0 saturated carbocycles. The molecule has 22 heavy (non-hydrogen) atoms. The molecule has 6 nitrogen and oxygen atoms in total. The molecule has 2 saturated heterocycles. The second-order valence-corrected chi connectivity index (χ2v) is 6.63. The SMILES string of the molecule is CC(C)CC(=O)N1CCC2(CC(Oc3ncccn3)CO2)C1. The number of likely N-dealkylation sites (tertiary alicyclic amines) is 1. The Balaban J connectivity index is 1.55. The quantitative estimate of drug-likeness (QED) is 0.846. The minimum atomic E-state index is -0.244. The molecule has 2 unspecified atom stereocenters. The van der Waals surface area contributed by atoms with Gasteiger partial charge in [0.05, 0.1) is 12.2 Å². The highest BCUT2D eigenvalue weighted by Crippen LogP contribution is 2.36. The van der Waals surface area contributed by atoms with Crippen LogP contribution in [0, 0.1) is 5.92 Å². The van der Waals surface area contributed by atoms with E-state index in [0.717, 1.165) is 19.4 Å². The van der Waals surface area contributed by atoms with Gasteiger partial charge in [0.25, 0.3) is 0 Å². The molecule has 2 aliphatic rings. The van der Waals surface area contributed by atoms with E-state index in [9.17, 15) is 4.79 Å². The van der Waals surface area contributed by atoms with Crippen LogP contribution < -0.4 is 4.74 Å². The van der Waals surface area contributed by atoms with Gasteiger partial charge < -0.3 is 14.4 Å². The predicted octanol–water partition coefficient (Wildman–Crippen LogP) is 1.66. The fourth-order valence-corrected chi connectivity index (χ4v) is 3.19. The first kappa shape index (κ1) is 15.2. The highest BCUT2D eigenvalue weighted by molar-refractivity contribution is 5.76. The lowest BCUT2D eigenvalue weighted by molar-refractivity contribution is -0.132. The van der Waals surface area contributed by atoms with Crippen LogP contribution in [-0.4, -0.2) is 52.2 Å². The summed E-state index contributed by atoms with van der Waals surface area (Å²) in [6.45, 7) is 6.12. The van der Waals surface area contributed by atoms with Crippen molar-refractivity contribution < 1.29 is 14.3 Å². The van der Waals surface area contributed by atoms with E-state index in [1.54, 1.807) is 18.5 Å². The van der Waals surface area contributed by atoms with Crippen molar-refractivity contribution in [1.29, 1.82) is 0 Å². The number of amides is 1. The fraction of sp³-hybridized carbons (Fsp3) is 0.688. The molecule has 0 aliphatic carbocycles. The molecule has 2 fully saturated rings. The van der Waals surface area contributed by atoms with Crippen LogP contribution in [-0.2, 0) is 9.53 Å². The van der Waals surface area contributed by atoms with E-state index in [1.165, 1.54) is 0 Å². The molecule has 3 rings (SSSR count). The van der Waals surface area contributed by atoms with Crippen LogP contribution >= 0.6 is 0 Å². The van der Waals surface area contributed by atoms with Crippen molar-refractivity contribution in [2.24, 2.45) is 5.92 Å². The second kappa shape index (κ2) is 6.20. The van der Waals surface area contributed by atoms with Crippen LogP contribution in [0.15, 0.2) is 18.5 Å². The molecule has 3 heterocycles. The minimum Gasteiger partial charge on any atom is -0.458 e. The van der Waals surface area contributed by atoms with E-state index in [2.05, 4.69) is 23.8 Å². The van der Waals surface area contributed by atoms with Crippen molar-refractivity contribution in [3.05, 3.63) is 18.5 Å². The maximum absolute atomic E-state index is 12.2. The minimum absolute atomic E-state index is 0.0393. The molecular formula is C16H23N3O3. The number of rotatable bonds is 4. The van der Waals surface area contributed by atoms with Crippen molar-refractivity contribution >= 4 is 5.91 Å². The van der Waals surface area contributed by atoms with Gasteiger partial charge in [0.2, 0.25) is 5.91 Å². The topological polar surface area (TPSA) is 64.6 Å². The van der Waals surface area contributed by atoms with Gasteiger partial charge in [-0.2, -0.15) is 0 Å². The van der Waals surface area contributed by atoms with E-state index in [-0.39, 0.29) is 17.6 Å². The molecule has 1 aromatic heterocycles. The maximum Gasteiger partial charge on any atom is 0.316 e. The van der Waals surface area contributed by atoms with Crippen LogP contribution in [0.1, 0.15) is 33.1 Å². The summed E-state index contributed by atoms with van der Waals surface area (Å²) in [7, 11) is 0. The fourth-order valence-electron chi connectivity index (χ4n) is 3.19. The zero-order valence-electron chi connectivity index (χ0n) is 13.2. The van der Waals surface area contributed by atoms with E-state index < -0.39 is 0 Å². The highest BCUT2D eigenvalue weighted by Gasteiger charge is 2.47. The van der Waals surface area contributed by atoms with Crippen LogP contribution in [0.4, 0.5) is 0 Å². The smallest absolute Gasteiger partial charge is 0.316 e. The van der Waals surface area contributed by atoms with Crippen LogP contribution in [0.25, 0.3) is 0 Å². The molecule has 2 aliphatic heterocycles. The molecular weight excluding hydrogens is 282 g/mol. The third-order valence-electron chi connectivity index (χ3n) is 4.24. The first-order valence-corrected chi connectivity index (χ1v) is 7.92. The standard InChI is InChI=1S/C16H23N3O3/c1-12(2)8-14(20)19-7-4-16(11-19)9-13(10-21-16)22-15-17-5-3-6-18-15/h3,5-6,12-13H,4,7-11H2,1-2H3. The average Bonchev–Trinajstić information content (AvgIpc) is 3.07. The Bertz CT molecular complexity index is 523. The van der Waals surface area contributed by atoms with Crippen molar-refractivity contribution in [3.63, 3.8) is 0 Å². The molecule has 6 heteroatoms. The van der Waals surface area contributed by atoms with E-state index in [1.807, 2.05) is 4.90 Å². The van der Waals surface area contributed by atoms with Crippen LogP contribution in [0.5, 0.6) is 6.01 Å². The maximum atomic E-state index is 12.2. The van der Waals surface area contributed by atoms with Gasteiger partial charge >= 0.3 is 6.01 Å². The van der Waals surface area contributed by atoms with Gasteiger partial charge in [0, 0.05) is 38.3 Å². The number of carbonyl (C=O) groups is 1. The van der Waals surface area contributed by atoms with Gasteiger partial charge in [0.15, 0.2) is 0 Å². The lowest BCUT2D eigenvalue weighted by Crippen LogP contribution is -2.36. The molecule has 0 bridgehead atoms. The summed E-state index contributed by atoms with van der Waals surface area (Å²) in [6, 6.07) is 2.15. The van der Waals surface area contributed by atoms with E-state index >= 15 is 0 Å². The Morgan fingerprint density at radius 1 is 1.50 bits per heavy atom. The van der Waals surface area contributed by atoms with Gasteiger partial charge in [-0.1, -0.05) is 13.8 Å². The van der Waals surface area contributed by atoms with E-state index in [4.69, 9.17) is 9.47 Å². The van der Waals surface area contributed by atoms with Gasteiger partial charge in [-0.25, -0.2) is 9.97 Å². The molecule has 0 radical (unpaired) electrons. The van der Waals surface area contributed by atoms with Crippen molar-refractivity contribution in [1.82, 2.24) is 14.9 Å². The lowest BCUT2D eigenvalue weighted by atomic mass is 9.98. The predicted molar refractivity (Wildman–Crippen MR) is 80.4 cm³/mol. The van der Waals surface area contributed by atoms with Crippen LogP contribution in [0.3, 0.4) is 0 Å². The third-order valence-corrected chi connectivity index (χ3v) is 4.24. The summed E-state index contributed by atoms with van der Waals surface area (Å²) in [5.41, 5.74) is -0.244. The zero-order valence-corrected chi connectivity index (χ0v) is 13.2. The number of nitrogens with zero attached hydrogens (tertiary/aromatic N) is 3. The number of carbonyl (C=O) groups excluding carboxylic acids is 1. The first-order chi connectivity index (χ1) is 10.6. The normalized spacial score (nSPS) is 27.8. The number of hydrogen-bond acceptors (Lipinski definition) is 5. The molecule has 0 aromatic carbocycles. The van der Waals surface area contributed by atoms with Crippen LogP contribution in [0.2, 0.25) is 0 Å². The Morgan fingerprint density at radius 3 is 3.00 bits per heavy atom. The summed E-state index contributed by atoms with van der Waals surface area (Å²) in [5.74, 6) is 0.617. The largest absolute Gasteiger partial charge is 0.458 e. The highest BCUT2D eigenvalue weighted by atomic mass is 16.6. The summed E-state index contributed by atoms with van der Waals surface area (Å²) in [6.07, 6.45) is 5.56. The Kier molecular flexibility index (Phi) is 4.29. The summed E-state index contributed by atoms with van der Waals surface area (Å²) < 4.78 is 11.8. The van der Waals surface area contributed by atoms with Gasteiger partial charge in [-0.15, -0.1) is 0 Å². The monoisotopic (exact) mass is 305 g/mol. The molecule has 0 N–H and O–H groups in total. The molecule has 1 spiro atoms. The molecule has 1 aromatic rings. The van der Waals surface area contributed by atoms with Crippen molar-refractivity contribution in [2.45, 2.75) is 44.8 Å². The molecule has 120 valence electrons. The Hall–Kier alpha value is -1.69. The van der Waals surface area contributed by atoms with Gasteiger partial charge in [0.1, 0.15) is 6.10 Å². The van der Waals surface area contributed by atoms with E-state index in [0.29, 0.717) is 31.5 Å². The molecule has 2 atom stereocenters. The Labute approximate surface area is 130 Å². The number of ether oxygens (including phenoxy) is 2. The Morgan fingerprint density at radius 2 is 2.27 bits per heavy atom. The summed E-state index contributed by atoms with van der Waals surface area (Å²) >= 11 is 0. The summed E-state index contributed by atoms with van der Waals surface area (Å²) in [5, 5.41) is 0. The number of aromatic nitrogens is 2. The zero-order chi connectivity index (χ0) is 15.6. The van der Waals surface area contributed by atoms with Crippen molar-refractivity contribution in [2.75, 3.05) is 19.7 Å². The lowest BCUT2D eigenvalue weighted by Gasteiger charge is -2.23. The average molecular weight is 305 g/mol. The van der Waals surface area contributed by atoms with Gasteiger partial charge in [-0.05, 0) is 18.4 Å². The number of hydrogen-bond donors (Lipinski definition) is 0. The molecule has 1 amide bonds. The van der Waals surface area contributed by atoms with Gasteiger partial charge in [-0.3, -0.25) is 4.79 Å². The summed E-state index contributed by atoms with van der Waals surface area (Å²) in [4.78, 5) is 22.3. The second-order valence-electron chi connectivity index (χ2n) is 6.63. The first-order valence-electron chi connectivity index (χ1n) is 7.92.